The molecule has 0 bridgehead atoms. The lowest BCUT2D eigenvalue weighted by molar-refractivity contribution is 0.457. The van der Waals surface area contributed by atoms with E-state index in [0.29, 0.717) is 16.9 Å². The fraction of sp³-hybridized carbons (Fsp3) is 0.800. The molecule has 0 saturated heterocycles. The van der Waals surface area contributed by atoms with Crippen LogP contribution in [-0.2, 0) is 0 Å². The Kier molecular flexibility index (Phi) is 2.43. The number of hydrogen-bond donors (Lipinski definition) is 1. The Labute approximate surface area is 83.7 Å². The molecule has 1 aliphatic carbocycles. The third-order valence-corrected chi connectivity index (χ3v) is 3.80. The maximum atomic E-state index is 3.80. The molecule has 0 aromatic rings. The Morgan fingerprint density at radius 3 is 2.00 bits per heavy atom. The molecule has 0 aliphatic heterocycles. The van der Waals surface area contributed by atoms with Crippen molar-refractivity contribution in [3.05, 3.63) is 11.1 Å². The van der Waals surface area contributed by atoms with Crippen LogP contribution in [-0.4, -0.2) is 12.6 Å². The van der Waals surface area contributed by atoms with E-state index < -0.39 is 0 Å². The maximum Gasteiger partial charge on any atom is 0.0268 e. The number of hydrogen-bond acceptors (Lipinski definition) is 1. The van der Waals surface area contributed by atoms with E-state index in [9.17, 15) is 0 Å². The van der Waals surface area contributed by atoms with Crippen LogP contribution in [0.3, 0.4) is 0 Å². The Bertz CT molecular complexity index is 192. The molecule has 1 saturated carbocycles. The van der Waals surface area contributed by atoms with Gasteiger partial charge in [-0.1, -0.05) is 50.2 Å². The van der Waals surface area contributed by atoms with Gasteiger partial charge in [-0.15, -0.1) is 0 Å². The van der Waals surface area contributed by atoms with Crippen LogP contribution >= 0.6 is 15.9 Å². The standard InChI is InChI=1S/C10H18BrN/c1-7(11)6-12-8-9(2,3)10(8,4)5/h8,12H,1,6H2,2-5H3. The highest BCUT2D eigenvalue weighted by Crippen LogP contribution is 2.62. The van der Waals surface area contributed by atoms with Gasteiger partial charge >= 0.3 is 0 Å². The Balaban J connectivity index is 2.44. The van der Waals surface area contributed by atoms with Gasteiger partial charge in [0.15, 0.2) is 0 Å². The normalized spacial score (nSPS) is 25.4. The monoisotopic (exact) mass is 231 g/mol. The lowest BCUT2D eigenvalue weighted by Gasteiger charge is -2.03. The van der Waals surface area contributed by atoms with Gasteiger partial charge in [-0.2, -0.15) is 0 Å². The van der Waals surface area contributed by atoms with Crippen molar-refractivity contribution in [2.75, 3.05) is 6.54 Å². The van der Waals surface area contributed by atoms with E-state index >= 15 is 0 Å². The molecule has 1 N–H and O–H groups in total. The number of halogens is 1. The molecule has 70 valence electrons. The first kappa shape index (κ1) is 10.3. The van der Waals surface area contributed by atoms with Crippen molar-refractivity contribution in [2.45, 2.75) is 33.7 Å². The van der Waals surface area contributed by atoms with Gasteiger partial charge in [0.1, 0.15) is 0 Å². The van der Waals surface area contributed by atoms with Gasteiger partial charge in [0.25, 0.3) is 0 Å². The molecular weight excluding hydrogens is 214 g/mol. The molecule has 0 unspecified atom stereocenters. The highest BCUT2D eigenvalue weighted by Gasteiger charge is 2.64. The van der Waals surface area contributed by atoms with Crippen LogP contribution in [0.15, 0.2) is 11.1 Å². The van der Waals surface area contributed by atoms with E-state index in [1.54, 1.807) is 0 Å². The topological polar surface area (TPSA) is 12.0 Å². The summed E-state index contributed by atoms with van der Waals surface area (Å²) in [5.74, 6) is 0. The first-order valence-electron chi connectivity index (χ1n) is 4.37. The summed E-state index contributed by atoms with van der Waals surface area (Å²) in [5, 5.41) is 3.49. The SMILES string of the molecule is C=C(Br)CNC1C(C)(C)C1(C)C. The second kappa shape index (κ2) is 2.85. The summed E-state index contributed by atoms with van der Waals surface area (Å²) in [6, 6.07) is 0.624. The molecule has 0 amide bonds. The van der Waals surface area contributed by atoms with Crippen molar-refractivity contribution in [2.24, 2.45) is 10.8 Å². The Hall–Kier alpha value is 0.180. The lowest BCUT2D eigenvalue weighted by atomic mass is 10.0. The minimum atomic E-state index is 0.426. The molecule has 12 heavy (non-hydrogen) atoms. The molecular formula is C10H18BrN. The zero-order valence-corrected chi connectivity index (χ0v) is 9.96. The molecule has 0 radical (unpaired) electrons. The first-order valence-corrected chi connectivity index (χ1v) is 5.16. The molecule has 0 spiro atoms. The van der Waals surface area contributed by atoms with Gasteiger partial charge < -0.3 is 5.32 Å². The van der Waals surface area contributed by atoms with E-state index in [1.807, 2.05) is 0 Å². The molecule has 0 aromatic carbocycles. The van der Waals surface area contributed by atoms with Crippen LogP contribution in [0, 0.1) is 10.8 Å². The molecule has 1 nitrogen and oxygen atoms in total. The second-order valence-electron chi connectivity index (χ2n) is 4.77. The second-order valence-corrected chi connectivity index (χ2v) is 5.90. The van der Waals surface area contributed by atoms with E-state index in [1.165, 1.54) is 0 Å². The highest BCUT2D eigenvalue weighted by molar-refractivity contribution is 9.11. The molecule has 0 atom stereocenters. The fourth-order valence-electron chi connectivity index (χ4n) is 1.92. The third-order valence-electron chi connectivity index (χ3n) is 3.52. The third kappa shape index (κ3) is 1.47. The molecule has 2 heteroatoms. The molecule has 0 aromatic heterocycles. The first-order chi connectivity index (χ1) is 5.30. The molecule has 1 rings (SSSR count). The van der Waals surface area contributed by atoms with Crippen LogP contribution in [0.1, 0.15) is 27.7 Å². The summed E-state index contributed by atoms with van der Waals surface area (Å²) in [6.07, 6.45) is 0. The molecule has 1 fully saturated rings. The summed E-state index contributed by atoms with van der Waals surface area (Å²) < 4.78 is 1.03. The average molecular weight is 232 g/mol. The van der Waals surface area contributed by atoms with Crippen molar-refractivity contribution in [3.8, 4) is 0 Å². The lowest BCUT2D eigenvalue weighted by Crippen LogP contribution is -2.23. The van der Waals surface area contributed by atoms with Crippen molar-refractivity contribution in [3.63, 3.8) is 0 Å². The van der Waals surface area contributed by atoms with E-state index in [0.717, 1.165) is 11.0 Å². The van der Waals surface area contributed by atoms with Crippen molar-refractivity contribution < 1.29 is 0 Å². The summed E-state index contributed by atoms with van der Waals surface area (Å²) in [5.41, 5.74) is 0.852. The summed E-state index contributed by atoms with van der Waals surface area (Å²) in [4.78, 5) is 0. The van der Waals surface area contributed by atoms with Gasteiger partial charge in [-0.3, -0.25) is 0 Å². The van der Waals surface area contributed by atoms with Crippen molar-refractivity contribution >= 4 is 15.9 Å². The highest BCUT2D eigenvalue weighted by atomic mass is 79.9. The fourth-order valence-corrected chi connectivity index (χ4v) is 2.08. The van der Waals surface area contributed by atoms with Crippen LogP contribution in [0.5, 0.6) is 0 Å². The zero-order valence-electron chi connectivity index (χ0n) is 8.37. The molecule has 1 aliphatic rings. The maximum absolute atomic E-state index is 3.80. The van der Waals surface area contributed by atoms with Gasteiger partial charge in [0, 0.05) is 17.1 Å². The smallest absolute Gasteiger partial charge is 0.0268 e. The Morgan fingerprint density at radius 2 is 1.75 bits per heavy atom. The quantitative estimate of drug-likeness (QED) is 0.788. The largest absolute Gasteiger partial charge is 0.308 e. The van der Waals surface area contributed by atoms with E-state index in [2.05, 4.69) is 55.5 Å². The van der Waals surface area contributed by atoms with Gasteiger partial charge in [0.05, 0.1) is 0 Å². The summed E-state index contributed by atoms with van der Waals surface area (Å²) in [7, 11) is 0. The van der Waals surface area contributed by atoms with Crippen molar-refractivity contribution in [1.82, 2.24) is 5.32 Å². The van der Waals surface area contributed by atoms with Crippen LogP contribution in [0.25, 0.3) is 0 Å². The predicted octanol–water partition coefficient (Wildman–Crippen LogP) is 2.92. The van der Waals surface area contributed by atoms with Crippen LogP contribution < -0.4 is 5.32 Å². The number of rotatable bonds is 3. The summed E-state index contributed by atoms with van der Waals surface area (Å²) in [6.45, 7) is 13.9. The minimum Gasteiger partial charge on any atom is -0.308 e. The zero-order chi connectivity index (χ0) is 9.57. The van der Waals surface area contributed by atoms with Crippen LogP contribution in [0.2, 0.25) is 0 Å². The van der Waals surface area contributed by atoms with Crippen LogP contribution in [0.4, 0.5) is 0 Å². The minimum absolute atomic E-state index is 0.426. The predicted molar refractivity (Wildman–Crippen MR) is 57.4 cm³/mol. The van der Waals surface area contributed by atoms with E-state index in [4.69, 9.17) is 0 Å². The number of nitrogens with one attached hydrogen (secondary N) is 1. The molecule has 0 heterocycles. The average Bonchev–Trinajstić information content (AvgIpc) is 2.21. The van der Waals surface area contributed by atoms with Gasteiger partial charge in [0.2, 0.25) is 0 Å². The Morgan fingerprint density at radius 1 is 1.33 bits per heavy atom. The van der Waals surface area contributed by atoms with Gasteiger partial charge in [-0.25, -0.2) is 0 Å². The van der Waals surface area contributed by atoms with Gasteiger partial charge in [-0.05, 0) is 10.8 Å². The van der Waals surface area contributed by atoms with E-state index in [-0.39, 0.29) is 0 Å². The van der Waals surface area contributed by atoms with Crippen molar-refractivity contribution in [1.29, 1.82) is 0 Å². The summed E-state index contributed by atoms with van der Waals surface area (Å²) >= 11 is 3.35.